The van der Waals surface area contributed by atoms with Gasteiger partial charge in [-0.05, 0) is 53.3 Å². The van der Waals surface area contributed by atoms with Crippen molar-refractivity contribution in [3.8, 4) is 16.9 Å². The zero-order chi connectivity index (χ0) is 18.0. The standard InChI is InChI=1S/C21H21ClO3/c1-3-13-7-8-14(15-9-10-17(22)20(12-15)25-2)11-16(13)21-18(23)5-4-6-19(21)24/h7-12,21H,3-6H2,1-2H3. The predicted octanol–water partition coefficient (Wildman–Crippen LogP) is 4.98. The molecule has 1 fully saturated rings. The van der Waals surface area contributed by atoms with Crippen molar-refractivity contribution in [3.05, 3.63) is 52.5 Å². The van der Waals surface area contributed by atoms with Gasteiger partial charge in [0.2, 0.25) is 0 Å². The van der Waals surface area contributed by atoms with E-state index in [0.717, 1.165) is 28.7 Å². The number of halogens is 1. The number of rotatable bonds is 4. The first kappa shape index (κ1) is 17.7. The van der Waals surface area contributed by atoms with Crippen LogP contribution in [0.1, 0.15) is 43.2 Å². The van der Waals surface area contributed by atoms with Crippen molar-refractivity contribution in [2.45, 2.75) is 38.5 Å². The second-order valence-corrected chi connectivity index (χ2v) is 6.74. The van der Waals surface area contributed by atoms with Crippen molar-refractivity contribution in [3.63, 3.8) is 0 Å². The molecule has 2 aromatic rings. The summed E-state index contributed by atoms with van der Waals surface area (Å²) in [5, 5.41) is 0.550. The minimum absolute atomic E-state index is 0.0387. The first-order chi connectivity index (χ1) is 12.0. The second kappa shape index (κ2) is 7.40. The lowest BCUT2D eigenvalue weighted by molar-refractivity contribution is -0.131. The highest BCUT2D eigenvalue weighted by atomic mass is 35.5. The molecule has 130 valence electrons. The fourth-order valence-corrected chi connectivity index (χ4v) is 3.65. The van der Waals surface area contributed by atoms with E-state index in [2.05, 4.69) is 0 Å². The van der Waals surface area contributed by atoms with Gasteiger partial charge in [-0.1, -0.05) is 36.7 Å². The van der Waals surface area contributed by atoms with Crippen LogP contribution in [0, 0.1) is 0 Å². The molecule has 0 unspecified atom stereocenters. The molecule has 0 aromatic heterocycles. The predicted molar refractivity (Wildman–Crippen MR) is 99.4 cm³/mol. The van der Waals surface area contributed by atoms with Crippen molar-refractivity contribution < 1.29 is 14.3 Å². The van der Waals surface area contributed by atoms with Crippen molar-refractivity contribution in [1.29, 1.82) is 0 Å². The topological polar surface area (TPSA) is 43.4 Å². The lowest BCUT2D eigenvalue weighted by Crippen LogP contribution is -2.27. The molecule has 0 radical (unpaired) electrons. The minimum atomic E-state index is -0.613. The number of Topliss-reactive ketones (excluding diaryl/α,β-unsaturated/α-hetero) is 2. The quantitative estimate of drug-likeness (QED) is 0.725. The van der Waals surface area contributed by atoms with Crippen LogP contribution >= 0.6 is 11.6 Å². The van der Waals surface area contributed by atoms with Crippen LogP contribution in [-0.4, -0.2) is 18.7 Å². The maximum Gasteiger partial charge on any atom is 0.147 e. The maximum absolute atomic E-state index is 12.4. The lowest BCUT2D eigenvalue weighted by atomic mass is 9.79. The van der Waals surface area contributed by atoms with Gasteiger partial charge >= 0.3 is 0 Å². The van der Waals surface area contributed by atoms with Crippen LogP contribution < -0.4 is 4.74 Å². The van der Waals surface area contributed by atoms with E-state index >= 15 is 0 Å². The van der Waals surface area contributed by atoms with E-state index in [-0.39, 0.29) is 11.6 Å². The Morgan fingerprint density at radius 3 is 2.32 bits per heavy atom. The Morgan fingerprint density at radius 1 is 1.04 bits per heavy atom. The van der Waals surface area contributed by atoms with Crippen LogP contribution in [0.4, 0.5) is 0 Å². The molecule has 0 N–H and O–H groups in total. The molecule has 4 heteroatoms. The number of methoxy groups -OCH3 is 1. The van der Waals surface area contributed by atoms with Crippen LogP contribution in [0.15, 0.2) is 36.4 Å². The third-order valence-corrected chi connectivity index (χ3v) is 5.12. The van der Waals surface area contributed by atoms with Gasteiger partial charge in [0.05, 0.1) is 12.1 Å². The molecule has 0 bridgehead atoms. The first-order valence-corrected chi connectivity index (χ1v) is 8.95. The van der Waals surface area contributed by atoms with Crippen LogP contribution in [0.3, 0.4) is 0 Å². The molecule has 1 aliphatic rings. The number of carbonyl (C=O) groups is 2. The van der Waals surface area contributed by atoms with E-state index in [9.17, 15) is 9.59 Å². The molecule has 0 amide bonds. The van der Waals surface area contributed by atoms with Gasteiger partial charge in [0.15, 0.2) is 0 Å². The lowest BCUT2D eigenvalue weighted by Gasteiger charge is -2.23. The molecule has 0 saturated heterocycles. The van der Waals surface area contributed by atoms with Crippen LogP contribution in [-0.2, 0) is 16.0 Å². The van der Waals surface area contributed by atoms with E-state index in [1.165, 1.54) is 0 Å². The van der Waals surface area contributed by atoms with E-state index in [4.69, 9.17) is 16.3 Å². The summed E-state index contributed by atoms with van der Waals surface area (Å²) in [5.41, 5.74) is 3.80. The van der Waals surface area contributed by atoms with Crippen LogP contribution in [0.2, 0.25) is 5.02 Å². The molecule has 0 heterocycles. The molecule has 2 aromatic carbocycles. The highest BCUT2D eigenvalue weighted by Gasteiger charge is 2.32. The number of ketones is 2. The van der Waals surface area contributed by atoms with Gasteiger partial charge < -0.3 is 4.74 Å². The monoisotopic (exact) mass is 356 g/mol. The number of benzene rings is 2. The molecule has 0 atom stereocenters. The fraction of sp³-hybridized carbons (Fsp3) is 0.333. The molecule has 3 nitrogen and oxygen atoms in total. The summed E-state index contributed by atoms with van der Waals surface area (Å²) in [6.45, 7) is 2.04. The molecule has 0 aliphatic heterocycles. The van der Waals surface area contributed by atoms with Gasteiger partial charge in [-0.2, -0.15) is 0 Å². The Kier molecular flexibility index (Phi) is 5.24. The minimum Gasteiger partial charge on any atom is -0.495 e. The normalized spacial score (nSPS) is 15.5. The summed E-state index contributed by atoms with van der Waals surface area (Å²) in [6, 6.07) is 11.6. The molecule has 3 rings (SSSR count). The van der Waals surface area contributed by atoms with Crippen molar-refractivity contribution in [1.82, 2.24) is 0 Å². The van der Waals surface area contributed by atoms with E-state index in [0.29, 0.717) is 30.0 Å². The number of ether oxygens (including phenoxy) is 1. The molecule has 0 spiro atoms. The Labute approximate surface area is 153 Å². The SMILES string of the molecule is CCc1ccc(-c2ccc(Cl)c(OC)c2)cc1C1C(=O)CCCC1=O. The van der Waals surface area contributed by atoms with E-state index in [1.807, 2.05) is 37.3 Å². The Bertz CT molecular complexity index is 810. The second-order valence-electron chi connectivity index (χ2n) is 6.34. The summed E-state index contributed by atoms with van der Waals surface area (Å²) in [7, 11) is 1.58. The molecular weight excluding hydrogens is 336 g/mol. The summed E-state index contributed by atoms with van der Waals surface area (Å²) in [6.07, 6.45) is 2.43. The summed E-state index contributed by atoms with van der Waals surface area (Å²) in [4.78, 5) is 24.8. The molecular formula is C21H21ClO3. The van der Waals surface area contributed by atoms with Gasteiger partial charge in [-0.3, -0.25) is 9.59 Å². The van der Waals surface area contributed by atoms with Gasteiger partial charge in [-0.25, -0.2) is 0 Å². The summed E-state index contributed by atoms with van der Waals surface area (Å²) < 4.78 is 5.29. The largest absolute Gasteiger partial charge is 0.495 e. The number of carbonyl (C=O) groups excluding carboxylic acids is 2. The average molecular weight is 357 g/mol. The fourth-order valence-electron chi connectivity index (χ4n) is 3.46. The first-order valence-electron chi connectivity index (χ1n) is 8.57. The van der Waals surface area contributed by atoms with Crippen LogP contribution in [0.5, 0.6) is 5.75 Å². The van der Waals surface area contributed by atoms with Crippen molar-refractivity contribution >= 4 is 23.2 Å². The number of hydrogen-bond donors (Lipinski definition) is 0. The van der Waals surface area contributed by atoms with Gasteiger partial charge in [0.1, 0.15) is 23.2 Å². The molecule has 25 heavy (non-hydrogen) atoms. The average Bonchev–Trinajstić information content (AvgIpc) is 2.62. The third kappa shape index (κ3) is 3.47. The van der Waals surface area contributed by atoms with Crippen LogP contribution in [0.25, 0.3) is 11.1 Å². The maximum atomic E-state index is 12.4. The van der Waals surface area contributed by atoms with E-state index < -0.39 is 5.92 Å². The number of aryl methyl sites for hydroxylation is 1. The van der Waals surface area contributed by atoms with E-state index in [1.54, 1.807) is 13.2 Å². The Hall–Kier alpha value is -2.13. The highest BCUT2D eigenvalue weighted by Crippen LogP contribution is 2.35. The van der Waals surface area contributed by atoms with Gasteiger partial charge in [-0.15, -0.1) is 0 Å². The summed E-state index contributed by atoms with van der Waals surface area (Å²) in [5.74, 6) is 0.0662. The smallest absolute Gasteiger partial charge is 0.147 e. The molecule has 1 aliphatic carbocycles. The number of hydrogen-bond acceptors (Lipinski definition) is 3. The third-order valence-electron chi connectivity index (χ3n) is 4.81. The highest BCUT2D eigenvalue weighted by molar-refractivity contribution is 6.32. The molecule has 1 saturated carbocycles. The summed E-state index contributed by atoms with van der Waals surface area (Å²) >= 11 is 6.11. The van der Waals surface area contributed by atoms with Crippen molar-refractivity contribution in [2.24, 2.45) is 0 Å². The Morgan fingerprint density at radius 2 is 1.68 bits per heavy atom. The zero-order valence-corrected chi connectivity index (χ0v) is 15.2. The zero-order valence-electron chi connectivity index (χ0n) is 14.5. The van der Waals surface area contributed by atoms with Crippen molar-refractivity contribution in [2.75, 3.05) is 7.11 Å². The Balaban J connectivity index is 2.09. The van der Waals surface area contributed by atoms with Gasteiger partial charge in [0.25, 0.3) is 0 Å². The van der Waals surface area contributed by atoms with Gasteiger partial charge in [0, 0.05) is 12.8 Å².